The van der Waals surface area contributed by atoms with Crippen LogP contribution in [-0.2, 0) is 10.9 Å². The molecule has 0 bridgehead atoms. The minimum atomic E-state index is -2.25. The van der Waals surface area contributed by atoms with Crippen LogP contribution in [0.5, 0.6) is 0 Å². The second-order valence-electron chi connectivity index (χ2n) is 2.56. The van der Waals surface area contributed by atoms with Crippen molar-refractivity contribution in [3.63, 3.8) is 0 Å². The first-order valence-corrected chi connectivity index (χ1v) is 6.87. The molecule has 0 N–H and O–H groups in total. The van der Waals surface area contributed by atoms with Crippen LogP contribution in [0.15, 0.2) is 24.3 Å². The summed E-state index contributed by atoms with van der Waals surface area (Å²) in [5, 5.41) is 1.04. The number of carbonyl (C=O) groups excluding carboxylic acids is 1. The van der Waals surface area contributed by atoms with Crippen molar-refractivity contribution in [3.8, 4) is 0 Å². The van der Waals surface area contributed by atoms with Gasteiger partial charge in [-0.1, -0.05) is 0 Å². The molecule has 70 valence electrons. The number of halogens is 1. The van der Waals surface area contributed by atoms with E-state index in [0.717, 1.165) is 8.37 Å². The van der Waals surface area contributed by atoms with E-state index < -0.39 is 20.2 Å². The fourth-order valence-electron chi connectivity index (χ4n) is 1.05. The Hall–Kier alpha value is -0.910. The quantitative estimate of drug-likeness (QED) is 0.733. The average molecular weight is 292 g/mol. The van der Waals surface area contributed by atoms with Crippen molar-refractivity contribution >= 4 is 32.4 Å². The number of hydrogen-bond acceptors (Lipinski definition) is 3. The van der Waals surface area contributed by atoms with E-state index in [0.29, 0.717) is 0 Å². The van der Waals surface area contributed by atoms with Crippen LogP contribution in [0.2, 0.25) is 0 Å². The standard InChI is InChI=1S/C9H9IO3/c1-7(11)13-10-9-5-3-2-4-8(9)6-12-10/h2-6,10H,1H3. The Morgan fingerprint density at radius 1 is 1.46 bits per heavy atom. The van der Waals surface area contributed by atoms with Gasteiger partial charge < -0.3 is 0 Å². The Balaban J connectivity index is 2.54. The molecule has 3 nitrogen and oxygen atoms in total. The van der Waals surface area contributed by atoms with Gasteiger partial charge in [-0.05, 0) is 0 Å². The van der Waals surface area contributed by atoms with Gasteiger partial charge in [-0.15, -0.1) is 0 Å². The molecule has 0 aliphatic carbocycles. The van der Waals surface area contributed by atoms with Crippen molar-refractivity contribution in [3.05, 3.63) is 32.6 Å². The predicted octanol–water partition coefficient (Wildman–Crippen LogP) is 1.34. The monoisotopic (exact) mass is 292 g/mol. The second kappa shape index (κ2) is 3.45. The third-order valence-corrected chi connectivity index (χ3v) is 5.52. The van der Waals surface area contributed by atoms with E-state index in [9.17, 15) is 4.79 Å². The molecule has 0 spiro atoms. The summed E-state index contributed by atoms with van der Waals surface area (Å²) in [4.78, 5) is 10.7. The molecule has 1 unspecified atom stereocenters. The molecule has 1 heterocycles. The second-order valence-corrected chi connectivity index (χ2v) is 6.18. The van der Waals surface area contributed by atoms with E-state index in [2.05, 4.69) is 0 Å². The summed E-state index contributed by atoms with van der Waals surface area (Å²) in [7, 11) is 0. The molecular formula is C9H9IO3. The summed E-state index contributed by atoms with van der Waals surface area (Å²) in [6, 6.07) is 7.78. The van der Waals surface area contributed by atoms with E-state index in [1.807, 2.05) is 24.3 Å². The summed E-state index contributed by atoms with van der Waals surface area (Å²) >= 11 is -2.25. The molecule has 0 aromatic heterocycles. The minimum absolute atomic E-state index is 0.262. The van der Waals surface area contributed by atoms with E-state index in [4.69, 9.17) is 6.13 Å². The Morgan fingerprint density at radius 3 is 3.00 bits per heavy atom. The topological polar surface area (TPSA) is 35.5 Å². The van der Waals surface area contributed by atoms with Crippen LogP contribution in [0.4, 0.5) is 0 Å². The van der Waals surface area contributed by atoms with Gasteiger partial charge >= 0.3 is 82.9 Å². The molecule has 0 fully saturated rings. The third-order valence-electron chi connectivity index (χ3n) is 1.55. The SMILES string of the molecule is CC(=O)O[IH]1=c2ccccc2=CO1. The van der Waals surface area contributed by atoms with Crippen LogP contribution < -0.4 is 5.22 Å². The zero-order valence-electron chi connectivity index (χ0n) is 7.02. The molecule has 0 saturated heterocycles. The summed E-state index contributed by atoms with van der Waals surface area (Å²) in [6.07, 6.45) is 1.68. The molecule has 1 atom stereocenters. The third kappa shape index (κ3) is 1.72. The zero-order chi connectivity index (χ0) is 9.26. The molecule has 0 amide bonds. The number of hydrogen-bond donors (Lipinski definition) is 0. The van der Waals surface area contributed by atoms with Gasteiger partial charge in [0.15, 0.2) is 0 Å². The molecule has 0 saturated carbocycles. The molecule has 1 aliphatic rings. The normalized spacial score (nSPS) is 21.2. The Morgan fingerprint density at radius 2 is 2.23 bits per heavy atom. The molecule has 0 radical (unpaired) electrons. The van der Waals surface area contributed by atoms with Gasteiger partial charge in [-0.3, -0.25) is 0 Å². The van der Waals surface area contributed by atoms with Crippen molar-refractivity contribution in [2.45, 2.75) is 6.92 Å². The van der Waals surface area contributed by atoms with Crippen molar-refractivity contribution in [1.82, 2.24) is 0 Å². The first kappa shape index (κ1) is 8.68. The first-order chi connectivity index (χ1) is 6.27. The van der Waals surface area contributed by atoms with Gasteiger partial charge in [-0.25, -0.2) is 0 Å². The summed E-state index contributed by atoms with van der Waals surface area (Å²) in [6.45, 7) is 1.41. The van der Waals surface area contributed by atoms with Crippen molar-refractivity contribution in [1.29, 1.82) is 0 Å². The van der Waals surface area contributed by atoms with Crippen molar-refractivity contribution in [2.24, 2.45) is 0 Å². The molecule has 2 rings (SSSR count). The Labute approximate surface area is 82.9 Å². The van der Waals surface area contributed by atoms with Crippen LogP contribution in [0.25, 0.3) is 6.26 Å². The van der Waals surface area contributed by atoms with Crippen molar-refractivity contribution in [2.75, 3.05) is 0 Å². The fraction of sp³-hybridized carbons (Fsp3) is 0.111. The molecule has 4 heteroatoms. The molecule has 1 aromatic rings. The summed E-state index contributed by atoms with van der Waals surface area (Å²) < 4.78 is 11.5. The predicted molar refractivity (Wildman–Crippen MR) is 57.6 cm³/mol. The average Bonchev–Trinajstić information content (AvgIpc) is 2.48. The summed E-state index contributed by atoms with van der Waals surface area (Å²) in [5.41, 5.74) is 0. The van der Waals surface area contributed by atoms with Crippen LogP contribution in [0, 0.1) is 3.15 Å². The number of carbonyl (C=O) groups is 1. The maximum absolute atomic E-state index is 10.7. The molecule has 13 heavy (non-hydrogen) atoms. The van der Waals surface area contributed by atoms with Gasteiger partial charge in [0.05, 0.1) is 0 Å². The van der Waals surface area contributed by atoms with Gasteiger partial charge in [0, 0.05) is 0 Å². The molecular weight excluding hydrogens is 283 g/mol. The zero-order valence-corrected chi connectivity index (χ0v) is 9.35. The van der Waals surface area contributed by atoms with Gasteiger partial charge in [0.25, 0.3) is 0 Å². The van der Waals surface area contributed by atoms with Crippen LogP contribution >= 0.6 is 20.2 Å². The van der Waals surface area contributed by atoms with Crippen LogP contribution in [-0.4, -0.2) is 5.97 Å². The number of rotatable bonds is 1. The maximum atomic E-state index is 10.7. The Bertz CT molecular complexity index is 464. The van der Waals surface area contributed by atoms with Crippen LogP contribution in [0.3, 0.4) is 0 Å². The van der Waals surface area contributed by atoms with E-state index in [-0.39, 0.29) is 5.97 Å². The molecule has 1 aliphatic heterocycles. The van der Waals surface area contributed by atoms with Gasteiger partial charge in [0.2, 0.25) is 0 Å². The number of fused-ring (bicyclic) bond motifs is 1. The number of benzene rings is 1. The fourth-order valence-corrected chi connectivity index (χ4v) is 4.29. The summed E-state index contributed by atoms with van der Waals surface area (Å²) in [5.74, 6) is -0.262. The van der Waals surface area contributed by atoms with E-state index >= 15 is 0 Å². The van der Waals surface area contributed by atoms with Crippen LogP contribution in [0.1, 0.15) is 6.92 Å². The first-order valence-electron chi connectivity index (χ1n) is 3.80. The molecule has 1 aromatic carbocycles. The van der Waals surface area contributed by atoms with E-state index in [1.165, 1.54) is 6.92 Å². The Kier molecular flexibility index (Phi) is 2.30. The van der Waals surface area contributed by atoms with Gasteiger partial charge in [0.1, 0.15) is 0 Å². The van der Waals surface area contributed by atoms with Gasteiger partial charge in [-0.2, -0.15) is 0 Å². The van der Waals surface area contributed by atoms with Crippen molar-refractivity contribution < 1.29 is 10.9 Å². The van der Waals surface area contributed by atoms with E-state index in [1.54, 1.807) is 6.26 Å².